The Bertz CT molecular complexity index is 324. The molecule has 0 aliphatic carbocycles. The predicted octanol–water partition coefficient (Wildman–Crippen LogP) is 1.96. The fraction of sp³-hybridized carbons (Fsp3) is 0. The Hall–Kier alpha value is -0.648. The quantitative estimate of drug-likeness (QED) is 0.638. The molecule has 0 aliphatic rings. The zero-order chi connectivity index (χ0) is 9.52. The first kappa shape index (κ1) is 10.4. The van der Waals surface area contributed by atoms with Crippen molar-refractivity contribution in [3.8, 4) is 0 Å². The third-order valence-electron chi connectivity index (χ3n) is 1.51. The summed E-state index contributed by atoms with van der Waals surface area (Å²) in [4.78, 5) is 13.1. The van der Waals surface area contributed by atoms with Gasteiger partial charge in [0.15, 0.2) is 0 Å². The number of nitrogens with zero attached hydrogens (tertiary/aromatic N) is 1. The van der Waals surface area contributed by atoms with Crippen LogP contribution in [-0.4, -0.2) is 8.30 Å². The van der Waals surface area contributed by atoms with Gasteiger partial charge in [0, 0.05) is 11.6 Å². The molecule has 13 heavy (non-hydrogen) atoms. The first-order chi connectivity index (χ1) is 6.38. The van der Waals surface area contributed by atoms with Gasteiger partial charge < -0.3 is 0 Å². The van der Waals surface area contributed by atoms with Crippen molar-refractivity contribution in [2.24, 2.45) is 0 Å². The minimum absolute atomic E-state index is 0.528. The summed E-state index contributed by atoms with van der Waals surface area (Å²) in [6.45, 7) is 0. The molecule has 0 radical (unpaired) electrons. The molecule has 0 aliphatic heterocycles. The van der Waals surface area contributed by atoms with Crippen molar-refractivity contribution in [2.75, 3.05) is 0 Å². The molecule has 0 fully saturated rings. The van der Waals surface area contributed by atoms with Crippen LogP contribution in [0.3, 0.4) is 0 Å². The van der Waals surface area contributed by atoms with Crippen LogP contribution in [0.4, 0.5) is 0 Å². The van der Waals surface area contributed by atoms with Gasteiger partial charge >= 0.3 is 37.5 Å². The van der Waals surface area contributed by atoms with Gasteiger partial charge in [0.2, 0.25) is 0 Å². The van der Waals surface area contributed by atoms with E-state index in [0.29, 0.717) is 29.4 Å². The van der Waals surface area contributed by atoms with Crippen LogP contribution in [0.15, 0.2) is 42.6 Å². The van der Waals surface area contributed by atoms with Crippen molar-refractivity contribution in [1.29, 1.82) is 0 Å². The minimum atomic E-state index is 0.528. The van der Waals surface area contributed by atoms with Gasteiger partial charge in [0.25, 0.3) is 0 Å². The third-order valence-corrected chi connectivity index (χ3v) is 1.51. The Morgan fingerprint density at radius 2 is 1.77 bits per heavy atom. The maximum atomic E-state index is 8.88. The molecule has 0 amide bonds. The number of pyridine rings is 1. The van der Waals surface area contributed by atoms with Crippen LogP contribution >= 0.6 is 0 Å². The zero-order valence-corrected chi connectivity index (χ0v) is 11.1. The largest absolute Gasteiger partial charge is 0.256 e. The number of para-hydroxylation sites is 1. The number of benzene rings is 1. The summed E-state index contributed by atoms with van der Waals surface area (Å²) in [5.41, 5.74) is 1.06. The van der Waals surface area contributed by atoms with Crippen molar-refractivity contribution in [3.63, 3.8) is 0 Å². The number of fused-ring (bicyclic) bond motifs is 1. The standard InChI is InChI=1S/C9H7N.CHO.U/c1-2-6-9-8(4-1)5-3-7-10-9;1-2;/h1-7H;1H;. The Kier molecular flexibility index (Phi) is 4.74. The average molecular weight is 396 g/mol. The van der Waals surface area contributed by atoms with Gasteiger partial charge in [0.1, 0.15) is 0 Å². The molecule has 0 unspecified atom stereocenters. The molecule has 0 spiro atoms. The van der Waals surface area contributed by atoms with E-state index in [0.717, 1.165) is 8.84 Å². The molecule has 0 saturated carbocycles. The molecule has 0 saturated heterocycles. The smallest absolute Gasteiger partial charge is 0.0701 e. The Labute approximate surface area is 95.6 Å². The first-order valence-electron chi connectivity index (χ1n) is 3.79. The summed E-state index contributed by atoms with van der Waals surface area (Å²) in [5.74, 6) is 0. The Morgan fingerprint density at radius 3 is 2.46 bits per heavy atom. The molecule has 3 heteroatoms. The number of hydrogen-bond acceptors (Lipinski definition) is 2. The van der Waals surface area contributed by atoms with Gasteiger partial charge in [-0.25, -0.2) is 0 Å². The van der Waals surface area contributed by atoms with Crippen LogP contribution in [0.25, 0.3) is 10.9 Å². The van der Waals surface area contributed by atoms with Crippen molar-refractivity contribution >= 4 is 14.2 Å². The van der Waals surface area contributed by atoms with E-state index in [1.807, 2.05) is 30.5 Å². The Balaban J connectivity index is 0.000000251. The first-order valence-corrected chi connectivity index (χ1v) is 6.19. The van der Waals surface area contributed by atoms with E-state index >= 15 is 0 Å². The van der Waals surface area contributed by atoms with Gasteiger partial charge in [-0.2, -0.15) is 0 Å². The second-order valence-electron chi connectivity index (χ2n) is 2.31. The molecular weight excluding hydrogens is 388 g/mol. The van der Waals surface area contributed by atoms with Gasteiger partial charge in [-0.05, 0) is 12.1 Å². The van der Waals surface area contributed by atoms with Crippen molar-refractivity contribution in [3.05, 3.63) is 42.6 Å². The van der Waals surface area contributed by atoms with Gasteiger partial charge in [0.05, 0.1) is 5.52 Å². The zero-order valence-electron chi connectivity index (χ0n) is 6.97. The Morgan fingerprint density at radius 1 is 1.15 bits per heavy atom. The van der Waals surface area contributed by atoms with Crippen LogP contribution in [0, 0.1) is 29.4 Å². The minimum Gasteiger partial charge on any atom is -0.256 e. The number of rotatable bonds is 0. The summed E-state index contributed by atoms with van der Waals surface area (Å²) in [5, 5.41) is 1.20. The average Bonchev–Trinajstić information content (AvgIpc) is 2.19. The van der Waals surface area contributed by atoms with Crippen LogP contribution in [-0.2, 0) is 4.79 Å². The molecule has 63 valence electrons. The van der Waals surface area contributed by atoms with Crippen LogP contribution in [0.1, 0.15) is 0 Å². The van der Waals surface area contributed by atoms with E-state index in [4.69, 9.17) is 4.79 Å². The molecule has 2 aromatic rings. The molecule has 1 heterocycles. The summed E-state index contributed by atoms with van der Waals surface area (Å²) >= 11 is 0.528. The molecule has 2 nitrogen and oxygen atoms in total. The van der Waals surface area contributed by atoms with Crippen LogP contribution < -0.4 is 0 Å². The molecule has 1 aromatic carbocycles. The van der Waals surface area contributed by atoms with Crippen molar-refractivity contribution < 1.29 is 34.2 Å². The summed E-state index contributed by atoms with van der Waals surface area (Å²) in [6, 6.07) is 12.1. The van der Waals surface area contributed by atoms with Crippen LogP contribution in [0.5, 0.6) is 0 Å². The van der Waals surface area contributed by atoms with Gasteiger partial charge in [-0.15, -0.1) is 0 Å². The maximum absolute atomic E-state index is 8.88. The fourth-order valence-corrected chi connectivity index (χ4v) is 1.02. The number of carbonyl (C=O) groups is 1. The SMILES string of the molecule is O=[CH][U].c1ccc2ncccc2c1. The predicted molar refractivity (Wildman–Crippen MR) is 48.5 cm³/mol. The fourth-order valence-electron chi connectivity index (χ4n) is 1.02. The van der Waals surface area contributed by atoms with Gasteiger partial charge in [-0.3, -0.25) is 4.98 Å². The summed E-state index contributed by atoms with van der Waals surface area (Å²) in [7, 11) is 0. The second-order valence-corrected chi connectivity index (χ2v) is 3.30. The van der Waals surface area contributed by atoms with E-state index in [1.54, 1.807) is 0 Å². The molecule has 0 atom stereocenters. The second kappa shape index (κ2) is 5.91. The normalized spacial score (nSPS) is 8.77. The topological polar surface area (TPSA) is 30.0 Å². The van der Waals surface area contributed by atoms with Crippen molar-refractivity contribution in [1.82, 2.24) is 4.98 Å². The number of carbonyl (C=O) groups excluding carboxylic acids is 1. The molecular formula is C10H8NOU. The molecule has 0 bridgehead atoms. The summed E-state index contributed by atoms with van der Waals surface area (Å²) in [6.07, 6.45) is 1.81. The monoisotopic (exact) mass is 396 g/mol. The summed E-state index contributed by atoms with van der Waals surface area (Å²) < 4.78 is 0.918. The molecule has 0 N–H and O–H groups in total. The van der Waals surface area contributed by atoms with E-state index in [2.05, 4.69) is 17.1 Å². The number of hydrogen-bond donors (Lipinski definition) is 0. The van der Waals surface area contributed by atoms with E-state index in [-0.39, 0.29) is 0 Å². The molecule has 1 aromatic heterocycles. The van der Waals surface area contributed by atoms with E-state index < -0.39 is 0 Å². The maximum Gasteiger partial charge on any atom is 0.0701 e. The molecule has 2 rings (SSSR count). The number of aromatic nitrogens is 1. The van der Waals surface area contributed by atoms with Crippen molar-refractivity contribution in [2.45, 2.75) is 0 Å². The van der Waals surface area contributed by atoms with E-state index in [1.165, 1.54) is 5.39 Å². The van der Waals surface area contributed by atoms with Gasteiger partial charge in [-0.1, -0.05) is 24.3 Å². The van der Waals surface area contributed by atoms with Crippen LogP contribution in [0.2, 0.25) is 0 Å². The van der Waals surface area contributed by atoms with E-state index in [9.17, 15) is 0 Å². The third kappa shape index (κ3) is 3.30.